The van der Waals surface area contributed by atoms with Gasteiger partial charge < -0.3 is 15.7 Å². The van der Waals surface area contributed by atoms with E-state index in [1.807, 2.05) is 0 Å². The van der Waals surface area contributed by atoms with Gasteiger partial charge in [0.1, 0.15) is 23.3 Å². The average Bonchev–Trinajstić information content (AvgIpc) is 2.32. The van der Waals surface area contributed by atoms with Crippen LogP contribution in [-0.2, 0) is 0 Å². The second kappa shape index (κ2) is 6.21. The van der Waals surface area contributed by atoms with Gasteiger partial charge >= 0.3 is 6.18 Å². The van der Waals surface area contributed by atoms with Gasteiger partial charge in [-0.15, -0.1) is 0 Å². The molecule has 0 fully saturated rings. The molecule has 0 amide bonds. The first-order valence-electron chi connectivity index (χ1n) is 4.88. The van der Waals surface area contributed by atoms with E-state index in [-0.39, 0.29) is 15.8 Å². The Hall–Kier alpha value is -1.34. The molecule has 0 aliphatic heterocycles. The molecule has 1 aromatic rings. The maximum absolute atomic E-state index is 12.6. The number of amidine groups is 1. The molecule has 3 N–H and O–H groups in total. The fourth-order valence-electron chi connectivity index (χ4n) is 1.19. The predicted molar refractivity (Wildman–Crippen MR) is 64.9 cm³/mol. The molecule has 0 heterocycles. The topological polar surface area (TPSA) is 67.8 Å². The SMILES string of the molecule is N/C(=N/O)C(COc1cccc(Cl)c1Cl)C(F)(F)F. The number of ether oxygens (including phenoxy) is 1. The lowest BCUT2D eigenvalue weighted by atomic mass is 10.1. The normalized spacial score (nSPS) is 14.3. The van der Waals surface area contributed by atoms with Gasteiger partial charge in [0.25, 0.3) is 0 Å². The molecule has 0 spiro atoms. The van der Waals surface area contributed by atoms with Crippen LogP contribution in [0.25, 0.3) is 0 Å². The lowest BCUT2D eigenvalue weighted by Gasteiger charge is -2.19. The Morgan fingerprint density at radius 3 is 2.58 bits per heavy atom. The monoisotopic (exact) mass is 316 g/mol. The first kappa shape index (κ1) is 15.7. The van der Waals surface area contributed by atoms with Crippen molar-refractivity contribution < 1.29 is 23.1 Å². The van der Waals surface area contributed by atoms with Crippen LogP contribution in [0, 0.1) is 5.92 Å². The fourth-order valence-corrected chi connectivity index (χ4v) is 1.53. The third-order valence-electron chi connectivity index (χ3n) is 2.19. The summed E-state index contributed by atoms with van der Waals surface area (Å²) in [6, 6.07) is 4.28. The van der Waals surface area contributed by atoms with Crippen molar-refractivity contribution in [2.45, 2.75) is 6.18 Å². The van der Waals surface area contributed by atoms with Crippen molar-refractivity contribution in [3.05, 3.63) is 28.2 Å². The van der Waals surface area contributed by atoms with Crippen LogP contribution in [0.1, 0.15) is 0 Å². The number of nitrogens with two attached hydrogens (primary N) is 1. The van der Waals surface area contributed by atoms with Crippen molar-refractivity contribution in [2.75, 3.05) is 6.61 Å². The summed E-state index contributed by atoms with van der Waals surface area (Å²) in [7, 11) is 0. The Labute approximate surface area is 116 Å². The number of hydrogen-bond acceptors (Lipinski definition) is 3. The summed E-state index contributed by atoms with van der Waals surface area (Å²) in [5.41, 5.74) is 4.98. The molecule has 4 nitrogen and oxygen atoms in total. The molecule has 1 aromatic carbocycles. The highest BCUT2D eigenvalue weighted by atomic mass is 35.5. The zero-order valence-corrected chi connectivity index (χ0v) is 10.8. The van der Waals surface area contributed by atoms with Crippen LogP contribution in [0.3, 0.4) is 0 Å². The van der Waals surface area contributed by atoms with E-state index < -0.39 is 24.5 Å². The van der Waals surface area contributed by atoms with E-state index in [9.17, 15) is 13.2 Å². The molecule has 0 saturated heterocycles. The Kier molecular flexibility index (Phi) is 5.13. The summed E-state index contributed by atoms with van der Waals surface area (Å²) >= 11 is 11.4. The summed E-state index contributed by atoms with van der Waals surface area (Å²) in [5, 5.41) is 10.8. The van der Waals surface area contributed by atoms with Crippen LogP contribution < -0.4 is 10.5 Å². The summed E-state index contributed by atoms with van der Waals surface area (Å²) < 4.78 is 42.8. The summed E-state index contributed by atoms with van der Waals surface area (Å²) in [4.78, 5) is 0. The molecule has 1 unspecified atom stereocenters. The van der Waals surface area contributed by atoms with Gasteiger partial charge in [-0.25, -0.2) is 0 Å². The van der Waals surface area contributed by atoms with Crippen LogP contribution in [0.4, 0.5) is 13.2 Å². The van der Waals surface area contributed by atoms with Gasteiger partial charge in [-0.3, -0.25) is 0 Å². The van der Waals surface area contributed by atoms with Crippen molar-refractivity contribution in [3.63, 3.8) is 0 Å². The molecule has 0 saturated carbocycles. The average molecular weight is 317 g/mol. The molecule has 9 heteroatoms. The largest absolute Gasteiger partial charge is 0.491 e. The number of oxime groups is 1. The highest BCUT2D eigenvalue weighted by Gasteiger charge is 2.43. The summed E-state index contributed by atoms with van der Waals surface area (Å²) in [6.07, 6.45) is -4.71. The quantitative estimate of drug-likeness (QED) is 0.387. The van der Waals surface area contributed by atoms with E-state index in [1.165, 1.54) is 18.2 Å². The van der Waals surface area contributed by atoms with Crippen LogP contribution in [0.5, 0.6) is 5.75 Å². The predicted octanol–water partition coefficient (Wildman–Crippen LogP) is 3.30. The zero-order chi connectivity index (χ0) is 14.6. The second-order valence-electron chi connectivity index (χ2n) is 3.48. The molecule has 0 aromatic heterocycles. The molecular formula is C10H9Cl2F3N2O2. The van der Waals surface area contributed by atoms with Gasteiger partial charge in [-0.2, -0.15) is 13.2 Å². The van der Waals surface area contributed by atoms with E-state index in [2.05, 4.69) is 5.16 Å². The number of benzene rings is 1. The maximum atomic E-state index is 12.6. The van der Waals surface area contributed by atoms with Gasteiger partial charge in [0.2, 0.25) is 0 Å². The highest BCUT2D eigenvalue weighted by molar-refractivity contribution is 6.42. The molecule has 106 valence electrons. The molecule has 0 bridgehead atoms. The Morgan fingerprint density at radius 2 is 2.05 bits per heavy atom. The molecule has 0 aliphatic carbocycles. The number of nitrogens with zero attached hydrogens (tertiary/aromatic N) is 1. The third-order valence-corrected chi connectivity index (χ3v) is 2.99. The lowest BCUT2D eigenvalue weighted by molar-refractivity contribution is -0.162. The molecule has 1 atom stereocenters. The van der Waals surface area contributed by atoms with Crippen LogP contribution in [0.15, 0.2) is 23.4 Å². The number of rotatable bonds is 4. The third kappa shape index (κ3) is 4.07. The van der Waals surface area contributed by atoms with Gasteiger partial charge in [0, 0.05) is 0 Å². The van der Waals surface area contributed by atoms with Crippen molar-refractivity contribution in [1.82, 2.24) is 0 Å². The lowest BCUT2D eigenvalue weighted by Crippen LogP contribution is -2.40. The second-order valence-corrected chi connectivity index (χ2v) is 4.27. The van der Waals surface area contributed by atoms with E-state index in [0.29, 0.717) is 0 Å². The van der Waals surface area contributed by atoms with Crippen LogP contribution in [0.2, 0.25) is 10.0 Å². The zero-order valence-electron chi connectivity index (χ0n) is 9.29. The van der Waals surface area contributed by atoms with Crippen molar-refractivity contribution >= 4 is 29.0 Å². The number of halogens is 5. The molecular weight excluding hydrogens is 308 g/mol. The van der Waals surface area contributed by atoms with Gasteiger partial charge in [0.05, 0.1) is 5.02 Å². The number of hydrogen-bond donors (Lipinski definition) is 2. The van der Waals surface area contributed by atoms with Gasteiger partial charge in [0.15, 0.2) is 5.84 Å². The van der Waals surface area contributed by atoms with Gasteiger partial charge in [-0.1, -0.05) is 34.4 Å². The van der Waals surface area contributed by atoms with Crippen LogP contribution in [-0.4, -0.2) is 23.8 Å². The van der Waals surface area contributed by atoms with Gasteiger partial charge in [-0.05, 0) is 12.1 Å². The minimum atomic E-state index is -4.71. The molecule has 1 rings (SSSR count). The highest BCUT2D eigenvalue weighted by Crippen LogP contribution is 2.33. The van der Waals surface area contributed by atoms with Crippen molar-refractivity contribution in [2.24, 2.45) is 16.8 Å². The molecule has 19 heavy (non-hydrogen) atoms. The smallest absolute Gasteiger partial charge is 0.402 e. The molecule has 0 aliphatic rings. The Bertz CT molecular complexity index is 480. The van der Waals surface area contributed by atoms with E-state index in [0.717, 1.165) is 0 Å². The standard InChI is InChI=1S/C10H9Cl2F3N2O2/c11-6-2-1-3-7(8(6)12)19-4-5(9(16)17-18)10(13,14)15/h1-3,5,18H,4H2,(H2,16,17). The minimum absolute atomic E-state index is 0.00963. The number of alkyl halides is 3. The van der Waals surface area contributed by atoms with Crippen molar-refractivity contribution in [3.8, 4) is 5.75 Å². The van der Waals surface area contributed by atoms with E-state index in [1.54, 1.807) is 0 Å². The fraction of sp³-hybridized carbons (Fsp3) is 0.300. The molecule has 0 radical (unpaired) electrons. The van der Waals surface area contributed by atoms with E-state index >= 15 is 0 Å². The Morgan fingerprint density at radius 1 is 1.42 bits per heavy atom. The van der Waals surface area contributed by atoms with Crippen LogP contribution >= 0.6 is 23.2 Å². The summed E-state index contributed by atoms with van der Waals surface area (Å²) in [6.45, 7) is -0.876. The van der Waals surface area contributed by atoms with Crippen molar-refractivity contribution in [1.29, 1.82) is 0 Å². The first-order chi connectivity index (χ1) is 8.77. The maximum Gasteiger partial charge on any atom is 0.402 e. The Balaban J connectivity index is 2.86. The first-order valence-corrected chi connectivity index (χ1v) is 5.64. The minimum Gasteiger partial charge on any atom is -0.491 e. The van der Waals surface area contributed by atoms with E-state index in [4.69, 9.17) is 38.9 Å². The summed E-state index contributed by atoms with van der Waals surface area (Å²) in [5.74, 6) is -3.26.